The summed E-state index contributed by atoms with van der Waals surface area (Å²) >= 11 is 0. The van der Waals surface area contributed by atoms with Crippen LogP contribution in [0.2, 0.25) is 0 Å². The summed E-state index contributed by atoms with van der Waals surface area (Å²) < 4.78 is 5.34. The smallest absolute Gasteiger partial charge is 0.410 e. The molecule has 0 radical (unpaired) electrons. The molecule has 6 nitrogen and oxygen atoms in total. The van der Waals surface area contributed by atoms with E-state index in [2.05, 4.69) is 0 Å². The van der Waals surface area contributed by atoms with Gasteiger partial charge in [0.2, 0.25) is 0 Å². The average molecular weight is 320 g/mol. The number of phenolic OH excluding ortho intramolecular Hbond substituents is 1. The lowest BCUT2D eigenvalue weighted by Crippen LogP contribution is -2.51. The van der Waals surface area contributed by atoms with Crippen molar-refractivity contribution < 1.29 is 19.4 Å². The third-order valence-electron chi connectivity index (χ3n) is 3.60. The van der Waals surface area contributed by atoms with Gasteiger partial charge < -0.3 is 19.6 Å². The van der Waals surface area contributed by atoms with Gasteiger partial charge in [-0.15, -0.1) is 0 Å². The van der Waals surface area contributed by atoms with Crippen LogP contribution in [0, 0.1) is 6.92 Å². The Morgan fingerprint density at radius 1 is 1.09 bits per heavy atom. The molecule has 2 rings (SSSR count). The van der Waals surface area contributed by atoms with Crippen LogP contribution in [0.4, 0.5) is 4.79 Å². The summed E-state index contributed by atoms with van der Waals surface area (Å²) in [4.78, 5) is 27.8. The summed E-state index contributed by atoms with van der Waals surface area (Å²) in [7, 11) is 0. The van der Waals surface area contributed by atoms with Crippen molar-refractivity contribution in [2.45, 2.75) is 33.3 Å². The number of piperazine rings is 1. The van der Waals surface area contributed by atoms with Crippen molar-refractivity contribution in [3.05, 3.63) is 29.3 Å². The molecule has 23 heavy (non-hydrogen) atoms. The minimum absolute atomic E-state index is 0.0184. The molecule has 1 heterocycles. The van der Waals surface area contributed by atoms with Crippen molar-refractivity contribution >= 4 is 12.0 Å². The maximum absolute atomic E-state index is 12.5. The maximum Gasteiger partial charge on any atom is 0.410 e. The third-order valence-corrected chi connectivity index (χ3v) is 3.60. The van der Waals surface area contributed by atoms with Gasteiger partial charge in [0.1, 0.15) is 11.4 Å². The summed E-state index contributed by atoms with van der Waals surface area (Å²) in [5.74, 6) is -0.231. The number of phenols is 1. The van der Waals surface area contributed by atoms with Gasteiger partial charge in [0.25, 0.3) is 5.91 Å². The number of aryl methyl sites for hydroxylation is 1. The van der Waals surface area contributed by atoms with Gasteiger partial charge in [-0.3, -0.25) is 4.79 Å². The normalized spacial score (nSPS) is 15.5. The molecule has 0 bridgehead atoms. The Morgan fingerprint density at radius 2 is 1.65 bits per heavy atom. The van der Waals surface area contributed by atoms with E-state index in [0.29, 0.717) is 31.7 Å². The van der Waals surface area contributed by atoms with Crippen molar-refractivity contribution in [2.24, 2.45) is 0 Å². The van der Waals surface area contributed by atoms with Gasteiger partial charge in [0.05, 0.1) is 5.56 Å². The van der Waals surface area contributed by atoms with E-state index < -0.39 is 5.60 Å². The van der Waals surface area contributed by atoms with Crippen LogP contribution in [-0.2, 0) is 4.74 Å². The highest BCUT2D eigenvalue weighted by Gasteiger charge is 2.28. The van der Waals surface area contributed by atoms with Crippen LogP contribution in [0.25, 0.3) is 0 Å². The number of amides is 2. The Morgan fingerprint density at radius 3 is 2.22 bits per heavy atom. The Bertz CT molecular complexity index is 599. The van der Waals surface area contributed by atoms with E-state index in [-0.39, 0.29) is 17.7 Å². The summed E-state index contributed by atoms with van der Waals surface area (Å²) in [5.41, 5.74) is 0.687. The fraction of sp³-hybridized carbons (Fsp3) is 0.529. The second-order valence-corrected chi connectivity index (χ2v) is 6.78. The number of carbonyl (C=O) groups is 2. The van der Waals surface area contributed by atoms with E-state index in [1.165, 1.54) is 6.07 Å². The monoisotopic (exact) mass is 320 g/mol. The molecule has 1 aromatic rings. The first-order chi connectivity index (χ1) is 10.7. The zero-order valence-electron chi connectivity index (χ0n) is 14.1. The van der Waals surface area contributed by atoms with Crippen LogP contribution >= 0.6 is 0 Å². The number of hydrogen-bond donors (Lipinski definition) is 1. The van der Waals surface area contributed by atoms with Crippen molar-refractivity contribution in [1.82, 2.24) is 9.80 Å². The first-order valence-electron chi connectivity index (χ1n) is 7.74. The van der Waals surface area contributed by atoms with Gasteiger partial charge in [0.15, 0.2) is 0 Å². The van der Waals surface area contributed by atoms with Crippen LogP contribution in [0.3, 0.4) is 0 Å². The van der Waals surface area contributed by atoms with Crippen LogP contribution in [0.1, 0.15) is 36.7 Å². The van der Waals surface area contributed by atoms with Gasteiger partial charge in [-0.05, 0) is 39.8 Å². The Balaban J connectivity index is 1.97. The van der Waals surface area contributed by atoms with E-state index in [1.54, 1.807) is 21.9 Å². The van der Waals surface area contributed by atoms with Crippen LogP contribution in [0.15, 0.2) is 18.2 Å². The highest BCUT2D eigenvalue weighted by atomic mass is 16.6. The standard InChI is InChI=1S/C17H24N2O4/c1-12-5-6-14(20)13(11-12)15(21)18-7-9-19(10-8-18)16(22)23-17(2,3)4/h5-6,11,20H,7-10H2,1-4H3. The lowest BCUT2D eigenvalue weighted by Gasteiger charge is -2.35. The predicted octanol–water partition coefficient (Wildman–Crippen LogP) is 2.39. The molecule has 1 aliphatic heterocycles. The third kappa shape index (κ3) is 4.37. The number of carbonyl (C=O) groups excluding carboxylic acids is 2. The molecule has 0 unspecified atom stereocenters. The van der Waals surface area contributed by atoms with Gasteiger partial charge in [-0.25, -0.2) is 4.79 Å². The number of benzene rings is 1. The molecule has 0 aromatic heterocycles. The van der Waals surface area contributed by atoms with Crippen LogP contribution in [-0.4, -0.2) is 58.7 Å². The number of ether oxygens (including phenoxy) is 1. The molecule has 0 atom stereocenters. The first-order valence-corrected chi connectivity index (χ1v) is 7.74. The van der Waals surface area contributed by atoms with E-state index in [9.17, 15) is 14.7 Å². The summed E-state index contributed by atoms with van der Waals surface area (Å²) in [6, 6.07) is 4.96. The van der Waals surface area contributed by atoms with Gasteiger partial charge >= 0.3 is 6.09 Å². The van der Waals surface area contributed by atoms with Gasteiger partial charge in [-0.2, -0.15) is 0 Å². The number of hydrogen-bond acceptors (Lipinski definition) is 4. The molecule has 2 amide bonds. The first kappa shape index (κ1) is 17.1. The highest BCUT2D eigenvalue weighted by molar-refractivity contribution is 5.97. The molecule has 0 spiro atoms. The zero-order valence-corrected chi connectivity index (χ0v) is 14.1. The molecule has 1 N–H and O–H groups in total. The molecule has 1 fully saturated rings. The fourth-order valence-corrected chi connectivity index (χ4v) is 2.41. The van der Waals surface area contributed by atoms with Crippen molar-refractivity contribution in [1.29, 1.82) is 0 Å². The molecule has 0 saturated carbocycles. The van der Waals surface area contributed by atoms with Gasteiger partial charge in [0, 0.05) is 26.2 Å². The number of rotatable bonds is 1. The summed E-state index contributed by atoms with van der Waals surface area (Å²) in [6.45, 7) is 9.04. The van der Waals surface area contributed by atoms with Crippen LogP contribution < -0.4 is 0 Å². The van der Waals surface area contributed by atoms with Crippen molar-refractivity contribution in [2.75, 3.05) is 26.2 Å². The predicted molar refractivity (Wildman–Crippen MR) is 86.6 cm³/mol. The largest absolute Gasteiger partial charge is 0.507 e. The fourth-order valence-electron chi connectivity index (χ4n) is 2.41. The second kappa shape index (κ2) is 6.48. The topological polar surface area (TPSA) is 70.1 Å². The molecule has 1 saturated heterocycles. The van der Waals surface area contributed by atoms with Crippen molar-refractivity contribution in [3.63, 3.8) is 0 Å². The minimum atomic E-state index is -0.530. The lowest BCUT2D eigenvalue weighted by atomic mass is 10.1. The van der Waals surface area contributed by atoms with E-state index >= 15 is 0 Å². The van der Waals surface area contributed by atoms with E-state index in [4.69, 9.17) is 4.74 Å². The summed E-state index contributed by atoms with van der Waals surface area (Å²) in [6.07, 6.45) is -0.358. The molecular weight excluding hydrogens is 296 g/mol. The molecule has 126 valence electrons. The quantitative estimate of drug-likeness (QED) is 0.862. The number of nitrogens with zero attached hydrogens (tertiary/aromatic N) is 2. The Labute approximate surface area is 136 Å². The minimum Gasteiger partial charge on any atom is -0.507 e. The highest BCUT2D eigenvalue weighted by Crippen LogP contribution is 2.21. The molecule has 1 aliphatic rings. The summed E-state index contributed by atoms with van der Waals surface area (Å²) in [5, 5.41) is 9.87. The molecule has 1 aromatic carbocycles. The maximum atomic E-state index is 12.5. The van der Waals surface area contributed by atoms with Gasteiger partial charge in [-0.1, -0.05) is 11.6 Å². The SMILES string of the molecule is Cc1ccc(O)c(C(=O)N2CCN(C(=O)OC(C)(C)C)CC2)c1. The molecule has 0 aliphatic carbocycles. The average Bonchev–Trinajstić information content (AvgIpc) is 2.47. The Hall–Kier alpha value is -2.24. The molecule has 6 heteroatoms. The van der Waals surface area contributed by atoms with E-state index in [1.807, 2.05) is 27.7 Å². The zero-order chi connectivity index (χ0) is 17.2. The molecular formula is C17H24N2O4. The van der Waals surface area contributed by atoms with Crippen molar-refractivity contribution in [3.8, 4) is 5.75 Å². The van der Waals surface area contributed by atoms with E-state index in [0.717, 1.165) is 5.56 Å². The number of aromatic hydroxyl groups is 1. The Kier molecular flexibility index (Phi) is 4.82. The second-order valence-electron chi connectivity index (χ2n) is 6.78. The van der Waals surface area contributed by atoms with Crippen LogP contribution in [0.5, 0.6) is 5.75 Å². The lowest BCUT2D eigenvalue weighted by molar-refractivity contribution is 0.0140.